The SMILES string of the molecule is CN(C)c1ccc(C=CC=C(C#N)c2ccc3ccccc3c2)cc1. The number of allylic oxidation sites excluding steroid dienone is 3. The fourth-order valence-electron chi connectivity index (χ4n) is 2.69. The zero-order chi connectivity index (χ0) is 17.6. The van der Waals surface area contributed by atoms with Gasteiger partial charge in [0, 0.05) is 19.8 Å². The van der Waals surface area contributed by atoms with Crippen LogP contribution in [0.5, 0.6) is 0 Å². The Morgan fingerprint density at radius 3 is 2.32 bits per heavy atom. The van der Waals surface area contributed by atoms with Crippen molar-refractivity contribution >= 4 is 28.1 Å². The van der Waals surface area contributed by atoms with Crippen molar-refractivity contribution in [3.05, 3.63) is 90.0 Å². The number of nitriles is 1. The summed E-state index contributed by atoms with van der Waals surface area (Å²) >= 11 is 0. The van der Waals surface area contributed by atoms with E-state index < -0.39 is 0 Å². The first-order chi connectivity index (χ1) is 12.2. The highest BCUT2D eigenvalue weighted by Gasteiger charge is 2.01. The third-order valence-electron chi connectivity index (χ3n) is 4.14. The minimum absolute atomic E-state index is 0.659. The Balaban J connectivity index is 1.83. The molecule has 0 spiro atoms. The second kappa shape index (κ2) is 7.51. The molecule has 0 radical (unpaired) electrons. The molecule has 25 heavy (non-hydrogen) atoms. The largest absolute Gasteiger partial charge is 0.378 e. The average molecular weight is 324 g/mol. The number of benzene rings is 3. The van der Waals surface area contributed by atoms with E-state index >= 15 is 0 Å². The topological polar surface area (TPSA) is 27.0 Å². The standard InChI is InChI=1S/C23H20N2/c1-25(2)23-14-10-18(11-15-23)6-5-9-22(17-24)21-13-12-19-7-3-4-8-20(19)16-21/h3-16H,1-2H3. The summed E-state index contributed by atoms with van der Waals surface area (Å²) in [7, 11) is 4.05. The van der Waals surface area contributed by atoms with E-state index in [0.717, 1.165) is 16.5 Å². The lowest BCUT2D eigenvalue weighted by Gasteiger charge is -2.11. The van der Waals surface area contributed by atoms with Crippen molar-refractivity contribution in [3.63, 3.8) is 0 Å². The first-order valence-corrected chi connectivity index (χ1v) is 8.22. The number of fused-ring (bicyclic) bond motifs is 1. The summed E-state index contributed by atoms with van der Waals surface area (Å²) in [5.41, 5.74) is 3.87. The first-order valence-electron chi connectivity index (χ1n) is 8.22. The lowest BCUT2D eigenvalue weighted by molar-refractivity contribution is 1.13. The molecule has 0 saturated carbocycles. The van der Waals surface area contributed by atoms with Gasteiger partial charge in [-0.3, -0.25) is 0 Å². The van der Waals surface area contributed by atoms with Crippen LogP contribution in [0.3, 0.4) is 0 Å². The van der Waals surface area contributed by atoms with Crippen LogP contribution in [0.1, 0.15) is 11.1 Å². The number of hydrogen-bond donors (Lipinski definition) is 0. The molecule has 0 atom stereocenters. The number of rotatable bonds is 4. The lowest BCUT2D eigenvalue weighted by atomic mass is 10.0. The highest BCUT2D eigenvalue weighted by atomic mass is 15.1. The molecular weight excluding hydrogens is 304 g/mol. The molecule has 122 valence electrons. The van der Waals surface area contributed by atoms with Crippen molar-refractivity contribution in [2.45, 2.75) is 0 Å². The summed E-state index contributed by atoms with van der Waals surface area (Å²) in [6, 6.07) is 24.9. The van der Waals surface area contributed by atoms with Gasteiger partial charge in [-0.2, -0.15) is 5.26 Å². The molecule has 0 bridgehead atoms. The molecular formula is C23H20N2. The van der Waals surface area contributed by atoms with Crippen LogP contribution in [0.2, 0.25) is 0 Å². The molecule has 3 aromatic carbocycles. The van der Waals surface area contributed by atoms with Crippen LogP contribution in [0.4, 0.5) is 5.69 Å². The molecule has 0 unspecified atom stereocenters. The van der Waals surface area contributed by atoms with Gasteiger partial charge < -0.3 is 4.90 Å². The maximum atomic E-state index is 9.49. The molecule has 0 N–H and O–H groups in total. The van der Waals surface area contributed by atoms with E-state index in [0.29, 0.717) is 5.57 Å². The van der Waals surface area contributed by atoms with Gasteiger partial charge in [-0.15, -0.1) is 0 Å². The minimum Gasteiger partial charge on any atom is -0.378 e. The zero-order valence-corrected chi connectivity index (χ0v) is 14.5. The van der Waals surface area contributed by atoms with Gasteiger partial charge in [0.25, 0.3) is 0 Å². The molecule has 0 saturated heterocycles. The van der Waals surface area contributed by atoms with E-state index in [4.69, 9.17) is 0 Å². The molecule has 0 aliphatic rings. The van der Waals surface area contributed by atoms with Crippen molar-refractivity contribution in [2.75, 3.05) is 19.0 Å². The van der Waals surface area contributed by atoms with Gasteiger partial charge in [-0.1, -0.05) is 60.7 Å². The summed E-state index contributed by atoms with van der Waals surface area (Å²) < 4.78 is 0. The molecule has 0 aliphatic carbocycles. The van der Waals surface area contributed by atoms with Gasteiger partial charge in [-0.25, -0.2) is 0 Å². The van der Waals surface area contributed by atoms with Gasteiger partial charge in [0.05, 0.1) is 11.6 Å². The van der Waals surface area contributed by atoms with Crippen LogP contribution in [0.15, 0.2) is 78.9 Å². The van der Waals surface area contributed by atoms with E-state index in [-0.39, 0.29) is 0 Å². The predicted molar refractivity (Wildman–Crippen MR) is 107 cm³/mol. The summed E-state index contributed by atoms with van der Waals surface area (Å²) in [6.45, 7) is 0. The fourth-order valence-corrected chi connectivity index (χ4v) is 2.69. The molecule has 0 heterocycles. The Morgan fingerprint density at radius 2 is 1.64 bits per heavy atom. The Bertz CT molecular complexity index is 971. The third-order valence-corrected chi connectivity index (χ3v) is 4.14. The van der Waals surface area contributed by atoms with Crippen molar-refractivity contribution in [2.24, 2.45) is 0 Å². The summed E-state index contributed by atoms with van der Waals surface area (Å²) in [4.78, 5) is 2.07. The second-order valence-corrected chi connectivity index (χ2v) is 6.10. The molecule has 3 rings (SSSR count). The molecule has 0 amide bonds. The van der Waals surface area contributed by atoms with Crippen LogP contribution in [0.25, 0.3) is 22.4 Å². The molecule has 3 aromatic rings. The Kier molecular flexibility index (Phi) is 4.97. The van der Waals surface area contributed by atoms with E-state index in [2.05, 4.69) is 59.5 Å². The van der Waals surface area contributed by atoms with Crippen LogP contribution >= 0.6 is 0 Å². The minimum atomic E-state index is 0.659. The van der Waals surface area contributed by atoms with Crippen LogP contribution in [0, 0.1) is 11.3 Å². The van der Waals surface area contributed by atoms with E-state index in [1.165, 1.54) is 11.1 Å². The van der Waals surface area contributed by atoms with Crippen LogP contribution in [-0.2, 0) is 0 Å². The van der Waals surface area contributed by atoms with Gasteiger partial charge in [0.15, 0.2) is 0 Å². The lowest BCUT2D eigenvalue weighted by Crippen LogP contribution is -2.07. The van der Waals surface area contributed by atoms with E-state index in [9.17, 15) is 5.26 Å². The van der Waals surface area contributed by atoms with Gasteiger partial charge in [0.2, 0.25) is 0 Å². The average Bonchev–Trinajstić information content (AvgIpc) is 2.65. The number of nitrogens with zero attached hydrogens (tertiary/aromatic N) is 2. The monoisotopic (exact) mass is 324 g/mol. The molecule has 0 aromatic heterocycles. The Labute approximate surface area is 148 Å². The van der Waals surface area contributed by atoms with Crippen LogP contribution in [-0.4, -0.2) is 14.1 Å². The Hall–Kier alpha value is -3.31. The summed E-state index contributed by atoms with van der Waals surface area (Å²) in [6.07, 6.45) is 5.81. The quantitative estimate of drug-likeness (QED) is 0.466. The predicted octanol–water partition coefficient (Wildman–Crippen LogP) is 5.53. The molecule has 0 fully saturated rings. The fraction of sp³-hybridized carbons (Fsp3) is 0.0870. The summed E-state index contributed by atoms with van der Waals surface area (Å²) in [5.74, 6) is 0. The highest BCUT2D eigenvalue weighted by molar-refractivity contribution is 5.89. The smallest absolute Gasteiger partial charge is 0.0997 e. The van der Waals surface area contributed by atoms with Crippen molar-refractivity contribution in [1.29, 1.82) is 5.26 Å². The second-order valence-electron chi connectivity index (χ2n) is 6.10. The third kappa shape index (κ3) is 3.97. The number of anilines is 1. The zero-order valence-electron chi connectivity index (χ0n) is 14.5. The van der Waals surface area contributed by atoms with E-state index in [1.54, 1.807) is 0 Å². The van der Waals surface area contributed by atoms with Crippen molar-refractivity contribution < 1.29 is 0 Å². The van der Waals surface area contributed by atoms with Gasteiger partial charge in [0.1, 0.15) is 0 Å². The van der Waals surface area contributed by atoms with Gasteiger partial charge in [-0.05, 0) is 46.2 Å². The van der Waals surface area contributed by atoms with Crippen LogP contribution < -0.4 is 4.90 Å². The highest BCUT2D eigenvalue weighted by Crippen LogP contribution is 2.21. The number of hydrogen-bond acceptors (Lipinski definition) is 2. The summed E-state index contributed by atoms with van der Waals surface area (Å²) in [5, 5.41) is 11.8. The molecule has 2 heteroatoms. The molecule has 0 aliphatic heterocycles. The Morgan fingerprint density at radius 1 is 0.920 bits per heavy atom. The first kappa shape index (κ1) is 16.5. The van der Waals surface area contributed by atoms with Crippen molar-refractivity contribution in [3.8, 4) is 6.07 Å². The maximum Gasteiger partial charge on any atom is 0.0997 e. The maximum absolute atomic E-state index is 9.49. The van der Waals surface area contributed by atoms with Crippen molar-refractivity contribution in [1.82, 2.24) is 0 Å². The van der Waals surface area contributed by atoms with Gasteiger partial charge >= 0.3 is 0 Å². The van der Waals surface area contributed by atoms with E-state index in [1.807, 2.05) is 50.5 Å². The normalized spacial score (nSPS) is 11.6. The molecule has 2 nitrogen and oxygen atoms in total.